The molecule has 2 rings (SSSR count). The van der Waals surface area contributed by atoms with Crippen LogP contribution < -0.4 is 11.1 Å². The second-order valence-corrected chi connectivity index (χ2v) is 4.76. The highest BCUT2D eigenvalue weighted by Gasteiger charge is 2.21. The molecule has 2 heterocycles. The molecule has 0 aliphatic carbocycles. The average molecular weight is 276 g/mol. The second-order valence-electron chi connectivity index (χ2n) is 4.76. The van der Waals surface area contributed by atoms with Gasteiger partial charge in [-0.2, -0.15) is 5.10 Å². The Bertz CT molecular complexity index is 540. The third kappa shape index (κ3) is 3.24. The molecule has 7 nitrogen and oxygen atoms in total. The van der Waals surface area contributed by atoms with Crippen molar-refractivity contribution in [2.75, 3.05) is 6.54 Å². The summed E-state index contributed by atoms with van der Waals surface area (Å²) in [7, 11) is 0. The Balaban J connectivity index is 1.80. The Morgan fingerprint density at radius 3 is 2.90 bits per heavy atom. The first-order valence-electron chi connectivity index (χ1n) is 6.62. The lowest BCUT2D eigenvalue weighted by Gasteiger charge is -2.12. The van der Waals surface area contributed by atoms with Crippen molar-refractivity contribution in [1.82, 2.24) is 25.5 Å². The maximum absolute atomic E-state index is 12.0. The Morgan fingerprint density at radius 1 is 1.50 bits per heavy atom. The molecule has 0 saturated heterocycles. The van der Waals surface area contributed by atoms with Gasteiger partial charge in [0.05, 0.1) is 5.69 Å². The van der Waals surface area contributed by atoms with Gasteiger partial charge in [0.2, 0.25) is 5.91 Å². The minimum absolute atomic E-state index is 0.183. The zero-order valence-corrected chi connectivity index (χ0v) is 11.7. The van der Waals surface area contributed by atoms with E-state index in [2.05, 4.69) is 25.5 Å². The summed E-state index contributed by atoms with van der Waals surface area (Å²) in [6.45, 7) is 4.27. The zero-order chi connectivity index (χ0) is 14.5. The molecule has 1 atom stereocenters. The van der Waals surface area contributed by atoms with E-state index < -0.39 is 6.04 Å². The van der Waals surface area contributed by atoms with Crippen LogP contribution in [0.3, 0.4) is 0 Å². The van der Waals surface area contributed by atoms with Crippen molar-refractivity contribution in [2.24, 2.45) is 5.73 Å². The van der Waals surface area contributed by atoms with Crippen molar-refractivity contribution in [3.8, 4) is 0 Å². The Kier molecular flexibility index (Phi) is 4.52. The van der Waals surface area contributed by atoms with Crippen molar-refractivity contribution in [2.45, 2.75) is 32.7 Å². The third-order valence-corrected chi connectivity index (χ3v) is 3.22. The lowest BCUT2D eigenvalue weighted by Crippen LogP contribution is -2.35. The maximum atomic E-state index is 12.0. The van der Waals surface area contributed by atoms with Gasteiger partial charge in [-0.1, -0.05) is 0 Å². The van der Waals surface area contributed by atoms with Crippen LogP contribution in [0.15, 0.2) is 12.4 Å². The standard InChI is InChI=1S/C13H20N6O/c1-8-11(9(2)19-18-8)12(14)13(20)17-5-3-4-10-15-6-7-16-10/h6-7,12H,3-5,14H2,1-2H3,(H,15,16)(H,17,20)(H,18,19). The predicted molar refractivity (Wildman–Crippen MR) is 74.9 cm³/mol. The topological polar surface area (TPSA) is 112 Å². The van der Waals surface area contributed by atoms with Gasteiger partial charge in [0.25, 0.3) is 0 Å². The van der Waals surface area contributed by atoms with Gasteiger partial charge in [-0.15, -0.1) is 0 Å². The van der Waals surface area contributed by atoms with Gasteiger partial charge < -0.3 is 16.0 Å². The molecule has 0 fully saturated rings. The number of imidazole rings is 1. The van der Waals surface area contributed by atoms with Crippen molar-refractivity contribution in [3.63, 3.8) is 0 Å². The average Bonchev–Trinajstić information content (AvgIpc) is 3.04. The molecule has 5 N–H and O–H groups in total. The van der Waals surface area contributed by atoms with Gasteiger partial charge in [0.1, 0.15) is 11.9 Å². The molecule has 2 aromatic rings. The smallest absolute Gasteiger partial charge is 0.241 e. The zero-order valence-electron chi connectivity index (χ0n) is 11.7. The summed E-state index contributed by atoms with van der Waals surface area (Å²) in [6, 6.07) is -0.683. The maximum Gasteiger partial charge on any atom is 0.241 e. The Labute approximate surface area is 117 Å². The molecule has 7 heteroatoms. The first-order chi connectivity index (χ1) is 9.59. The molecule has 2 aromatic heterocycles. The summed E-state index contributed by atoms with van der Waals surface area (Å²) in [4.78, 5) is 19.2. The predicted octanol–water partition coefficient (Wildman–Crippen LogP) is 0.498. The van der Waals surface area contributed by atoms with Crippen LogP contribution in [-0.4, -0.2) is 32.6 Å². The number of hydrogen-bond donors (Lipinski definition) is 4. The van der Waals surface area contributed by atoms with Gasteiger partial charge in [-0.05, 0) is 20.3 Å². The largest absolute Gasteiger partial charge is 0.354 e. The van der Waals surface area contributed by atoms with Crippen LogP contribution in [0.5, 0.6) is 0 Å². The molecular weight excluding hydrogens is 256 g/mol. The minimum Gasteiger partial charge on any atom is -0.354 e. The van der Waals surface area contributed by atoms with Gasteiger partial charge in [-0.3, -0.25) is 9.89 Å². The summed E-state index contributed by atoms with van der Waals surface area (Å²) in [6.07, 6.45) is 5.12. The van der Waals surface area contributed by atoms with E-state index in [1.165, 1.54) is 0 Å². The monoisotopic (exact) mass is 276 g/mol. The third-order valence-electron chi connectivity index (χ3n) is 3.22. The molecule has 0 aromatic carbocycles. The van der Waals surface area contributed by atoms with E-state index in [0.717, 1.165) is 35.6 Å². The molecule has 20 heavy (non-hydrogen) atoms. The van der Waals surface area contributed by atoms with E-state index in [-0.39, 0.29) is 5.91 Å². The molecule has 0 aliphatic rings. The number of hydrogen-bond acceptors (Lipinski definition) is 4. The highest BCUT2D eigenvalue weighted by molar-refractivity contribution is 5.83. The summed E-state index contributed by atoms with van der Waals surface area (Å²) in [5.74, 6) is 0.738. The number of aryl methyl sites for hydroxylation is 3. The van der Waals surface area contributed by atoms with E-state index in [9.17, 15) is 4.79 Å². The highest BCUT2D eigenvalue weighted by atomic mass is 16.2. The molecule has 0 aliphatic heterocycles. The molecule has 108 valence electrons. The van der Waals surface area contributed by atoms with Crippen molar-refractivity contribution >= 4 is 5.91 Å². The second kappa shape index (κ2) is 6.33. The van der Waals surface area contributed by atoms with Crippen LogP contribution in [-0.2, 0) is 11.2 Å². The first-order valence-corrected chi connectivity index (χ1v) is 6.62. The number of aromatic nitrogens is 4. The summed E-state index contributed by atoms with van der Waals surface area (Å²) in [5, 5.41) is 9.73. The fraction of sp³-hybridized carbons (Fsp3) is 0.462. The number of H-pyrrole nitrogens is 2. The molecule has 1 unspecified atom stereocenters. The van der Waals surface area contributed by atoms with E-state index in [4.69, 9.17) is 5.73 Å². The van der Waals surface area contributed by atoms with Gasteiger partial charge in [0.15, 0.2) is 0 Å². The van der Waals surface area contributed by atoms with E-state index >= 15 is 0 Å². The number of rotatable bonds is 6. The van der Waals surface area contributed by atoms with Crippen molar-refractivity contribution in [3.05, 3.63) is 35.2 Å². The number of amides is 1. The van der Waals surface area contributed by atoms with Crippen molar-refractivity contribution in [1.29, 1.82) is 0 Å². The number of aromatic amines is 2. The number of nitrogens with zero attached hydrogens (tertiary/aromatic N) is 2. The van der Waals surface area contributed by atoms with E-state index in [1.54, 1.807) is 12.4 Å². The van der Waals surface area contributed by atoms with E-state index in [1.807, 2.05) is 13.8 Å². The van der Waals surface area contributed by atoms with Crippen LogP contribution in [0.1, 0.15) is 35.2 Å². The molecule has 0 bridgehead atoms. The summed E-state index contributed by atoms with van der Waals surface area (Å²) in [5.41, 5.74) is 8.34. The lowest BCUT2D eigenvalue weighted by atomic mass is 10.1. The quantitative estimate of drug-likeness (QED) is 0.575. The van der Waals surface area contributed by atoms with Crippen LogP contribution in [0.4, 0.5) is 0 Å². The molecule has 1 amide bonds. The van der Waals surface area contributed by atoms with Crippen LogP contribution in [0.25, 0.3) is 0 Å². The molecular formula is C13H20N6O. The van der Waals surface area contributed by atoms with Crippen LogP contribution >= 0.6 is 0 Å². The van der Waals surface area contributed by atoms with Gasteiger partial charge >= 0.3 is 0 Å². The van der Waals surface area contributed by atoms with E-state index in [0.29, 0.717) is 6.54 Å². The first kappa shape index (κ1) is 14.3. The number of nitrogens with two attached hydrogens (primary N) is 1. The molecule has 0 saturated carbocycles. The molecule has 0 spiro atoms. The number of carbonyl (C=O) groups is 1. The fourth-order valence-corrected chi connectivity index (χ4v) is 2.16. The summed E-state index contributed by atoms with van der Waals surface area (Å²) >= 11 is 0. The normalized spacial score (nSPS) is 12.3. The fourth-order valence-electron chi connectivity index (χ4n) is 2.16. The lowest BCUT2D eigenvalue weighted by molar-refractivity contribution is -0.122. The van der Waals surface area contributed by atoms with Crippen LogP contribution in [0.2, 0.25) is 0 Å². The van der Waals surface area contributed by atoms with Crippen LogP contribution in [0, 0.1) is 13.8 Å². The summed E-state index contributed by atoms with van der Waals surface area (Å²) < 4.78 is 0. The Hall–Kier alpha value is -2.15. The SMILES string of the molecule is Cc1n[nH]c(C)c1C(N)C(=O)NCCCc1ncc[nH]1. The number of carbonyl (C=O) groups excluding carboxylic acids is 1. The minimum atomic E-state index is -0.683. The highest BCUT2D eigenvalue weighted by Crippen LogP contribution is 2.17. The van der Waals surface area contributed by atoms with Gasteiger partial charge in [0, 0.05) is 36.6 Å². The van der Waals surface area contributed by atoms with Crippen molar-refractivity contribution < 1.29 is 4.79 Å². The Morgan fingerprint density at radius 2 is 2.30 bits per heavy atom. The molecule has 0 radical (unpaired) electrons. The number of nitrogens with one attached hydrogen (secondary N) is 3. The van der Waals surface area contributed by atoms with Gasteiger partial charge in [-0.25, -0.2) is 4.98 Å².